The van der Waals surface area contributed by atoms with Crippen LogP contribution in [-0.2, 0) is 0 Å². The van der Waals surface area contributed by atoms with Gasteiger partial charge in [-0.3, -0.25) is 0 Å². The van der Waals surface area contributed by atoms with Gasteiger partial charge in [-0.15, -0.1) is 0 Å². The predicted molar refractivity (Wildman–Crippen MR) is 129 cm³/mol. The Labute approximate surface area is 192 Å². The number of benzene rings is 4. The van der Waals surface area contributed by atoms with Crippen LogP contribution in [0.4, 0.5) is 13.2 Å². The van der Waals surface area contributed by atoms with Crippen LogP contribution < -0.4 is 4.74 Å². The summed E-state index contributed by atoms with van der Waals surface area (Å²) in [6.07, 6.45) is 1.62. The van der Waals surface area contributed by atoms with E-state index in [-0.39, 0.29) is 11.7 Å². The van der Waals surface area contributed by atoms with Gasteiger partial charge in [-0.05, 0) is 57.6 Å². The van der Waals surface area contributed by atoms with Crippen LogP contribution in [0.2, 0.25) is 0 Å². The van der Waals surface area contributed by atoms with E-state index in [4.69, 9.17) is 0 Å². The van der Waals surface area contributed by atoms with Gasteiger partial charge in [0, 0.05) is 5.92 Å². The molecule has 2 unspecified atom stereocenters. The molecule has 2 atom stereocenters. The van der Waals surface area contributed by atoms with Crippen LogP contribution in [0.15, 0.2) is 91.0 Å². The summed E-state index contributed by atoms with van der Waals surface area (Å²) < 4.78 is 45.0. The lowest BCUT2D eigenvalue weighted by Crippen LogP contribution is -2.08. The molecule has 0 aliphatic carbocycles. The summed E-state index contributed by atoms with van der Waals surface area (Å²) >= 11 is 0. The van der Waals surface area contributed by atoms with Gasteiger partial charge < -0.3 is 4.74 Å². The summed E-state index contributed by atoms with van der Waals surface area (Å²) in [7, 11) is 0. The van der Waals surface area contributed by atoms with Crippen molar-refractivity contribution in [1.29, 1.82) is 0 Å². The fraction of sp³-hybridized carbons (Fsp3) is 0.241. The van der Waals surface area contributed by atoms with Gasteiger partial charge in [-0.25, -0.2) is 4.39 Å². The molecule has 0 amide bonds. The minimum absolute atomic E-state index is 0.126. The Morgan fingerprint density at radius 1 is 0.697 bits per heavy atom. The fourth-order valence-electron chi connectivity index (χ4n) is 4.27. The highest BCUT2D eigenvalue weighted by Crippen LogP contribution is 2.39. The number of halogens is 3. The standard InChI is InChI=1S/C29H27F3O/c1-2-3-8-27(28(30)25-14-11-20-6-4-5-7-24(20)19-25)23-12-9-21(10-13-23)22-15-17-26(18-16-22)33-29(31)32/h4-7,9-19,27-29H,2-3,8H2,1H3. The highest BCUT2D eigenvalue weighted by Gasteiger charge is 2.24. The van der Waals surface area contributed by atoms with E-state index in [0.717, 1.165) is 46.7 Å². The molecule has 0 heterocycles. The zero-order valence-electron chi connectivity index (χ0n) is 18.6. The Morgan fingerprint density at radius 3 is 1.94 bits per heavy atom. The van der Waals surface area contributed by atoms with Gasteiger partial charge >= 0.3 is 6.61 Å². The third kappa shape index (κ3) is 5.57. The smallest absolute Gasteiger partial charge is 0.387 e. The first kappa shape index (κ1) is 22.9. The number of hydrogen-bond donors (Lipinski definition) is 0. The summed E-state index contributed by atoms with van der Waals surface area (Å²) in [6, 6.07) is 28.3. The van der Waals surface area contributed by atoms with Crippen molar-refractivity contribution >= 4 is 10.8 Å². The van der Waals surface area contributed by atoms with Crippen LogP contribution in [0.3, 0.4) is 0 Å². The molecule has 1 nitrogen and oxygen atoms in total. The molecule has 0 radical (unpaired) electrons. The molecular weight excluding hydrogens is 421 g/mol. The van der Waals surface area contributed by atoms with E-state index < -0.39 is 12.8 Å². The average Bonchev–Trinajstić information content (AvgIpc) is 2.84. The van der Waals surface area contributed by atoms with Crippen molar-refractivity contribution in [2.75, 3.05) is 0 Å². The monoisotopic (exact) mass is 448 g/mol. The van der Waals surface area contributed by atoms with Crippen molar-refractivity contribution in [1.82, 2.24) is 0 Å². The zero-order valence-corrected chi connectivity index (χ0v) is 18.6. The Bertz CT molecular complexity index is 1170. The summed E-state index contributed by atoms with van der Waals surface area (Å²) in [4.78, 5) is 0. The van der Waals surface area contributed by atoms with Crippen LogP contribution in [-0.4, -0.2) is 6.61 Å². The topological polar surface area (TPSA) is 9.23 Å². The molecule has 0 saturated carbocycles. The summed E-state index contributed by atoms with van der Waals surface area (Å²) in [6.45, 7) is -0.725. The lowest BCUT2D eigenvalue weighted by atomic mass is 9.85. The van der Waals surface area contributed by atoms with E-state index in [2.05, 4.69) is 11.7 Å². The maximum absolute atomic E-state index is 15.8. The van der Waals surface area contributed by atoms with Crippen LogP contribution in [0.25, 0.3) is 21.9 Å². The van der Waals surface area contributed by atoms with Crippen molar-refractivity contribution in [3.05, 3.63) is 102 Å². The van der Waals surface area contributed by atoms with E-state index in [1.807, 2.05) is 66.7 Å². The first-order chi connectivity index (χ1) is 16.0. The average molecular weight is 449 g/mol. The van der Waals surface area contributed by atoms with E-state index in [1.54, 1.807) is 12.1 Å². The van der Waals surface area contributed by atoms with Crippen molar-refractivity contribution in [3.63, 3.8) is 0 Å². The Balaban J connectivity index is 1.57. The Hall–Kier alpha value is -3.27. The van der Waals surface area contributed by atoms with Crippen LogP contribution >= 0.6 is 0 Å². The molecule has 170 valence electrons. The molecule has 4 rings (SSSR count). The lowest BCUT2D eigenvalue weighted by molar-refractivity contribution is -0.0498. The molecular formula is C29H27F3O. The molecule has 0 N–H and O–H groups in total. The lowest BCUT2D eigenvalue weighted by Gasteiger charge is -2.23. The van der Waals surface area contributed by atoms with Crippen molar-refractivity contribution in [3.8, 4) is 16.9 Å². The second-order valence-corrected chi connectivity index (χ2v) is 8.28. The Kier molecular flexibility index (Phi) is 7.33. The minimum atomic E-state index is -2.84. The fourth-order valence-corrected chi connectivity index (χ4v) is 4.27. The van der Waals surface area contributed by atoms with Crippen molar-refractivity contribution < 1.29 is 17.9 Å². The van der Waals surface area contributed by atoms with E-state index in [0.29, 0.717) is 5.56 Å². The third-order valence-electron chi connectivity index (χ3n) is 6.07. The van der Waals surface area contributed by atoms with Gasteiger partial charge in [0.1, 0.15) is 11.9 Å². The van der Waals surface area contributed by atoms with Gasteiger partial charge in [-0.2, -0.15) is 8.78 Å². The first-order valence-electron chi connectivity index (χ1n) is 11.3. The number of unbranched alkanes of at least 4 members (excludes halogenated alkanes) is 1. The largest absolute Gasteiger partial charge is 0.435 e. The maximum atomic E-state index is 15.8. The van der Waals surface area contributed by atoms with E-state index in [1.165, 1.54) is 12.1 Å². The summed E-state index contributed by atoms with van der Waals surface area (Å²) in [5, 5.41) is 2.15. The van der Waals surface area contributed by atoms with Gasteiger partial charge in [-0.1, -0.05) is 92.6 Å². The molecule has 4 aromatic rings. The Morgan fingerprint density at radius 2 is 1.30 bits per heavy atom. The van der Waals surface area contributed by atoms with Crippen molar-refractivity contribution in [2.24, 2.45) is 0 Å². The molecule has 0 aliphatic rings. The van der Waals surface area contributed by atoms with Gasteiger partial charge in [0.15, 0.2) is 0 Å². The first-order valence-corrected chi connectivity index (χ1v) is 11.3. The zero-order chi connectivity index (χ0) is 23.2. The van der Waals surface area contributed by atoms with Crippen LogP contribution in [0.1, 0.15) is 49.4 Å². The quantitative estimate of drug-likeness (QED) is 0.248. The number of hydrogen-bond acceptors (Lipinski definition) is 1. The second-order valence-electron chi connectivity index (χ2n) is 8.28. The van der Waals surface area contributed by atoms with Gasteiger partial charge in [0.2, 0.25) is 0 Å². The van der Waals surface area contributed by atoms with E-state index in [9.17, 15) is 8.78 Å². The van der Waals surface area contributed by atoms with Gasteiger partial charge in [0.25, 0.3) is 0 Å². The predicted octanol–water partition coefficient (Wildman–Crippen LogP) is 9.09. The minimum Gasteiger partial charge on any atom is -0.435 e. The molecule has 0 bridgehead atoms. The molecule has 4 aromatic carbocycles. The SMILES string of the molecule is CCCCC(c1ccc(-c2ccc(OC(F)F)cc2)cc1)C(F)c1ccc2ccccc2c1. The molecule has 33 heavy (non-hydrogen) atoms. The third-order valence-corrected chi connectivity index (χ3v) is 6.07. The molecule has 0 aliphatic heterocycles. The molecule has 0 fully saturated rings. The highest BCUT2D eigenvalue weighted by atomic mass is 19.3. The van der Waals surface area contributed by atoms with Gasteiger partial charge in [0.05, 0.1) is 0 Å². The summed E-state index contributed by atoms with van der Waals surface area (Å²) in [5.74, 6) is -0.109. The summed E-state index contributed by atoms with van der Waals surface area (Å²) in [5.41, 5.74) is 3.50. The normalized spacial score (nSPS) is 13.2. The number of ether oxygens (including phenoxy) is 1. The van der Waals surface area contributed by atoms with Crippen molar-refractivity contribution in [2.45, 2.75) is 44.9 Å². The highest BCUT2D eigenvalue weighted by molar-refractivity contribution is 5.83. The molecule has 0 saturated heterocycles. The number of fused-ring (bicyclic) bond motifs is 1. The molecule has 4 heteroatoms. The molecule has 0 aromatic heterocycles. The second kappa shape index (κ2) is 10.6. The van der Waals surface area contributed by atoms with Crippen LogP contribution in [0.5, 0.6) is 5.75 Å². The molecule has 0 spiro atoms. The number of alkyl halides is 3. The number of rotatable bonds is 9. The van der Waals surface area contributed by atoms with Crippen LogP contribution in [0, 0.1) is 0 Å². The maximum Gasteiger partial charge on any atom is 0.387 e. The van der Waals surface area contributed by atoms with E-state index >= 15 is 4.39 Å².